The first-order valence-corrected chi connectivity index (χ1v) is 15.2. The summed E-state index contributed by atoms with van der Waals surface area (Å²) in [7, 11) is 0. The van der Waals surface area contributed by atoms with Gasteiger partial charge >= 0.3 is 0 Å². The minimum atomic E-state index is -1.70. The zero-order chi connectivity index (χ0) is 33.1. The Bertz CT molecular complexity index is 1590. The molecule has 0 heterocycles. The van der Waals surface area contributed by atoms with Gasteiger partial charge in [-0.1, -0.05) is 97.1 Å². The average molecular weight is 624 g/mol. The number of aliphatic hydroxyl groups excluding tert-OH is 1. The number of aryl methyl sites for hydroxylation is 4. The van der Waals surface area contributed by atoms with Crippen LogP contribution in [0.3, 0.4) is 0 Å². The Hall–Kier alpha value is -5.15. The van der Waals surface area contributed by atoms with Crippen LogP contribution in [0.25, 0.3) is 0 Å². The molecule has 4 aromatic carbocycles. The van der Waals surface area contributed by atoms with Crippen molar-refractivity contribution >= 4 is 17.7 Å². The molecule has 0 aliphatic carbocycles. The summed E-state index contributed by atoms with van der Waals surface area (Å²) in [6, 6.07) is 28.6. The number of ether oxygens (including phenoxy) is 2. The lowest BCUT2D eigenvalue weighted by molar-refractivity contribution is -0.151. The Morgan fingerprint density at radius 1 is 0.652 bits per heavy atom. The maximum atomic E-state index is 13.9. The molecule has 0 aromatic heterocycles. The van der Waals surface area contributed by atoms with Crippen LogP contribution in [0.1, 0.15) is 33.4 Å². The van der Waals surface area contributed by atoms with E-state index >= 15 is 0 Å². The van der Waals surface area contributed by atoms with Crippen LogP contribution in [-0.4, -0.2) is 53.2 Å². The zero-order valence-corrected chi connectivity index (χ0v) is 26.7. The summed E-state index contributed by atoms with van der Waals surface area (Å²) in [6.07, 6.45) is -1.54. The summed E-state index contributed by atoms with van der Waals surface area (Å²) in [5.74, 6) is -0.678. The van der Waals surface area contributed by atoms with E-state index in [1.807, 2.05) is 113 Å². The smallest absolute Gasteiger partial charge is 0.276 e. The summed E-state index contributed by atoms with van der Waals surface area (Å²) in [4.78, 5) is 40.1. The molecule has 9 nitrogen and oxygen atoms in total. The maximum Gasteiger partial charge on any atom is 0.276 e. The van der Waals surface area contributed by atoms with Gasteiger partial charge in [0.2, 0.25) is 0 Å². The molecule has 0 saturated carbocycles. The van der Waals surface area contributed by atoms with Crippen LogP contribution in [0.15, 0.2) is 97.1 Å². The Morgan fingerprint density at radius 2 is 1.11 bits per heavy atom. The van der Waals surface area contributed by atoms with E-state index in [4.69, 9.17) is 9.47 Å². The molecule has 46 heavy (non-hydrogen) atoms. The van der Waals surface area contributed by atoms with Gasteiger partial charge in [0.1, 0.15) is 11.5 Å². The molecule has 0 bridgehead atoms. The SMILES string of the molecule is Cc1cccc(C)c1OCC(=O)NC(Cc1ccccc1)C(O)C(=O)N(Cc1ccccc1)NC(=O)COc1c(C)cccc1C. The van der Waals surface area contributed by atoms with Gasteiger partial charge in [-0.25, -0.2) is 5.01 Å². The molecule has 0 spiro atoms. The molecular formula is C37H41N3O6. The molecule has 0 radical (unpaired) electrons. The topological polar surface area (TPSA) is 117 Å². The molecular weight excluding hydrogens is 582 g/mol. The summed E-state index contributed by atoms with van der Waals surface area (Å²) >= 11 is 0. The predicted octanol–water partition coefficient (Wildman–Crippen LogP) is 4.53. The number of aliphatic hydroxyl groups is 1. The Labute approximate surface area is 270 Å². The molecule has 3 amide bonds. The highest BCUT2D eigenvalue weighted by atomic mass is 16.5. The fourth-order valence-corrected chi connectivity index (χ4v) is 5.14. The molecule has 240 valence electrons. The largest absolute Gasteiger partial charge is 0.483 e. The van der Waals surface area contributed by atoms with Gasteiger partial charge in [0.15, 0.2) is 19.3 Å². The van der Waals surface area contributed by atoms with E-state index in [1.54, 1.807) is 12.1 Å². The molecule has 2 atom stereocenters. The number of hydrogen-bond donors (Lipinski definition) is 3. The fourth-order valence-electron chi connectivity index (χ4n) is 5.14. The first-order chi connectivity index (χ1) is 22.1. The number of hydrogen-bond acceptors (Lipinski definition) is 6. The van der Waals surface area contributed by atoms with E-state index in [2.05, 4.69) is 10.7 Å². The van der Waals surface area contributed by atoms with Crippen LogP contribution >= 0.6 is 0 Å². The Balaban J connectivity index is 1.51. The molecule has 0 aliphatic rings. The van der Waals surface area contributed by atoms with Crippen molar-refractivity contribution in [3.8, 4) is 11.5 Å². The molecule has 4 aromatic rings. The lowest BCUT2D eigenvalue weighted by Crippen LogP contribution is -2.57. The van der Waals surface area contributed by atoms with Gasteiger partial charge in [0.25, 0.3) is 17.7 Å². The number of nitrogens with zero attached hydrogens (tertiary/aromatic N) is 1. The molecule has 0 fully saturated rings. The summed E-state index contributed by atoms with van der Waals surface area (Å²) in [5, 5.41) is 15.3. The summed E-state index contributed by atoms with van der Waals surface area (Å²) in [6.45, 7) is 6.88. The van der Waals surface area contributed by atoms with Crippen molar-refractivity contribution in [2.45, 2.75) is 52.8 Å². The van der Waals surface area contributed by atoms with Crippen LogP contribution in [0, 0.1) is 27.7 Å². The van der Waals surface area contributed by atoms with E-state index in [9.17, 15) is 19.5 Å². The van der Waals surface area contributed by atoms with Crippen LogP contribution in [-0.2, 0) is 27.3 Å². The van der Waals surface area contributed by atoms with Crippen LogP contribution in [0.4, 0.5) is 0 Å². The standard InChI is InChI=1S/C37H41N3O6/c1-25-13-11-14-26(2)35(25)45-23-32(41)38-31(21-29-17-7-5-8-18-29)34(43)37(44)40(22-30-19-9-6-10-20-30)39-33(42)24-46-36-27(3)15-12-16-28(36)4/h5-20,31,34,43H,21-24H2,1-4H3,(H,38,41)(H,39,42). The minimum absolute atomic E-state index is 0.0203. The zero-order valence-electron chi connectivity index (χ0n) is 26.7. The maximum absolute atomic E-state index is 13.9. The molecule has 4 rings (SSSR count). The quantitative estimate of drug-likeness (QED) is 0.189. The molecule has 0 saturated heterocycles. The van der Waals surface area contributed by atoms with Gasteiger partial charge < -0.3 is 19.9 Å². The minimum Gasteiger partial charge on any atom is -0.483 e. The molecule has 9 heteroatoms. The lowest BCUT2D eigenvalue weighted by atomic mass is 10.00. The Morgan fingerprint density at radius 3 is 1.61 bits per heavy atom. The highest BCUT2D eigenvalue weighted by molar-refractivity contribution is 5.86. The number of benzene rings is 4. The second-order valence-electron chi connectivity index (χ2n) is 11.3. The van der Waals surface area contributed by atoms with Gasteiger partial charge in [-0.05, 0) is 67.5 Å². The van der Waals surface area contributed by atoms with Crippen molar-refractivity contribution in [1.29, 1.82) is 0 Å². The predicted molar refractivity (Wildman–Crippen MR) is 176 cm³/mol. The number of rotatable bonds is 13. The van der Waals surface area contributed by atoms with E-state index in [-0.39, 0.29) is 26.2 Å². The van der Waals surface area contributed by atoms with E-state index in [0.717, 1.165) is 38.4 Å². The average Bonchev–Trinajstić information content (AvgIpc) is 3.04. The summed E-state index contributed by atoms with van der Waals surface area (Å²) in [5.41, 5.74) is 7.66. The Kier molecular flexibility index (Phi) is 11.9. The van der Waals surface area contributed by atoms with Crippen LogP contribution < -0.4 is 20.2 Å². The second-order valence-corrected chi connectivity index (χ2v) is 11.3. The van der Waals surface area contributed by atoms with E-state index in [1.165, 1.54) is 0 Å². The van der Waals surface area contributed by atoms with Gasteiger partial charge in [-0.15, -0.1) is 0 Å². The first kappa shape index (κ1) is 33.7. The molecule has 2 unspecified atom stereocenters. The van der Waals surface area contributed by atoms with Crippen molar-refractivity contribution in [2.24, 2.45) is 0 Å². The van der Waals surface area contributed by atoms with Gasteiger partial charge in [0.05, 0.1) is 12.6 Å². The van der Waals surface area contributed by atoms with Crippen LogP contribution in [0.2, 0.25) is 0 Å². The number of para-hydroxylation sites is 2. The lowest BCUT2D eigenvalue weighted by Gasteiger charge is -2.30. The van der Waals surface area contributed by atoms with Gasteiger partial charge in [-0.2, -0.15) is 0 Å². The van der Waals surface area contributed by atoms with Crippen molar-refractivity contribution in [3.05, 3.63) is 130 Å². The van der Waals surface area contributed by atoms with Crippen molar-refractivity contribution in [3.63, 3.8) is 0 Å². The number of carbonyl (C=O) groups excluding carboxylic acids is 3. The molecule has 3 N–H and O–H groups in total. The normalized spacial score (nSPS) is 12.0. The van der Waals surface area contributed by atoms with Gasteiger partial charge in [0, 0.05) is 0 Å². The fraction of sp³-hybridized carbons (Fsp3) is 0.270. The number of carbonyl (C=O) groups is 3. The number of nitrogens with one attached hydrogen (secondary N) is 2. The van der Waals surface area contributed by atoms with E-state index in [0.29, 0.717) is 11.5 Å². The number of amides is 3. The number of hydrazine groups is 1. The molecule has 0 aliphatic heterocycles. The monoisotopic (exact) mass is 623 g/mol. The third-order valence-electron chi connectivity index (χ3n) is 7.50. The van der Waals surface area contributed by atoms with E-state index < -0.39 is 29.9 Å². The van der Waals surface area contributed by atoms with Crippen LogP contribution in [0.5, 0.6) is 11.5 Å². The third-order valence-corrected chi connectivity index (χ3v) is 7.50. The third kappa shape index (κ3) is 9.42. The van der Waals surface area contributed by atoms with Gasteiger partial charge in [-0.3, -0.25) is 19.8 Å². The highest BCUT2D eigenvalue weighted by Crippen LogP contribution is 2.23. The van der Waals surface area contributed by atoms with Crippen molar-refractivity contribution in [1.82, 2.24) is 15.8 Å². The first-order valence-electron chi connectivity index (χ1n) is 15.2. The highest BCUT2D eigenvalue weighted by Gasteiger charge is 2.33. The van der Waals surface area contributed by atoms with Crippen molar-refractivity contribution < 1.29 is 29.0 Å². The van der Waals surface area contributed by atoms with Crippen molar-refractivity contribution in [2.75, 3.05) is 13.2 Å². The summed E-state index contributed by atoms with van der Waals surface area (Å²) < 4.78 is 11.6. The second kappa shape index (κ2) is 16.2.